The van der Waals surface area contributed by atoms with Crippen LogP contribution in [0.4, 0.5) is 0 Å². The van der Waals surface area contributed by atoms with Crippen molar-refractivity contribution in [3.05, 3.63) is 22.4 Å². The first-order valence-corrected chi connectivity index (χ1v) is 7.99. The van der Waals surface area contributed by atoms with Crippen molar-refractivity contribution in [2.45, 2.75) is 25.4 Å². The molecular formula is C14H23N3S. The normalized spacial score (nSPS) is 22.4. The largest absolute Gasteiger partial charge is 0.311 e. The minimum atomic E-state index is 0.948. The van der Waals surface area contributed by atoms with Crippen LogP contribution < -0.4 is 5.32 Å². The molecule has 0 aromatic carbocycles. The van der Waals surface area contributed by atoms with Gasteiger partial charge in [0.2, 0.25) is 0 Å². The molecule has 2 aliphatic rings. The molecule has 0 bridgehead atoms. The van der Waals surface area contributed by atoms with Crippen molar-refractivity contribution in [1.82, 2.24) is 15.1 Å². The van der Waals surface area contributed by atoms with Gasteiger partial charge >= 0.3 is 0 Å². The van der Waals surface area contributed by atoms with Crippen LogP contribution in [0.15, 0.2) is 17.5 Å². The van der Waals surface area contributed by atoms with E-state index in [0.29, 0.717) is 0 Å². The number of hydrogen-bond acceptors (Lipinski definition) is 4. The molecule has 100 valence electrons. The molecule has 18 heavy (non-hydrogen) atoms. The van der Waals surface area contributed by atoms with Crippen molar-refractivity contribution in [2.24, 2.45) is 0 Å². The first kappa shape index (κ1) is 12.6. The van der Waals surface area contributed by atoms with E-state index in [4.69, 9.17) is 0 Å². The van der Waals surface area contributed by atoms with Gasteiger partial charge < -0.3 is 5.32 Å². The summed E-state index contributed by atoms with van der Waals surface area (Å²) in [6.07, 6.45) is 2.89. The van der Waals surface area contributed by atoms with E-state index >= 15 is 0 Å². The van der Waals surface area contributed by atoms with Gasteiger partial charge in [-0.15, -0.1) is 11.3 Å². The summed E-state index contributed by atoms with van der Waals surface area (Å²) in [6.45, 7) is 8.43. The maximum atomic E-state index is 3.54. The lowest BCUT2D eigenvalue weighted by Crippen LogP contribution is -2.48. The Morgan fingerprint density at radius 3 is 2.72 bits per heavy atom. The number of nitrogens with zero attached hydrogens (tertiary/aromatic N) is 2. The van der Waals surface area contributed by atoms with E-state index in [2.05, 4.69) is 32.6 Å². The van der Waals surface area contributed by atoms with Gasteiger partial charge in [-0.05, 0) is 24.3 Å². The van der Waals surface area contributed by atoms with Crippen LogP contribution in [0.25, 0.3) is 0 Å². The molecule has 2 heterocycles. The Morgan fingerprint density at radius 1 is 1.22 bits per heavy atom. The van der Waals surface area contributed by atoms with Gasteiger partial charge in [-0.3, -0.25) is 9.80 Å². The lowest BCUT2D eigenvalue weighted by Gasteiger charge is -2.34. The molecule has 0 spiro atoms. The van der Waals surface area contributed by atoms with Crippen molar-refractivity contribution in [1.29, 1.82) is 0 Å². The third kappa shape index (κ3) is 3.54. The molecule has 1 saturated carbocycles. The lowest BCUT2D eigenvalue weighted by atomic mass is 10.3. The Balaban J connectivity index is 1.27. The molecule has 1 aliphatic carbocycles. The Labute approximate surface area is 114 Å². The van der Waals surface area contributed by atoms with Crippen LogP contribution in [0.3, 0.4) is 0 Å². The van der Waals surface area contributed by atoms with Crippen LogP contribution >= 0.6 is 11.3 Å². The summed E-state index contributed by atoms with van der Waals surface area (Å²) in [4.78, 5) is 6.71. The highest BCUT2D eigenvalue weighted by Crippen LogP contribution is 2.27. The molecule has 3 nitrogen and oxygen atoms in total. The third-order valence-corrected chi connectivity index (χ3v) is 4.83. The number of piperazine rings is 1. The zero-order valence-corrected chi connectivity index (χ0v) is 11.8. The van der Waals surface area contributed by atoms with Gasteiger partial charge in [0.25, 0.3) is 0 Å². The molecule has 1 aromatic heterocycles. The van der Waals surface area contributed by atoms with E-state index in [1.54, 1.807) is 0 Å². The first-order chi connectivity index (χ1) is 8.92. The number of hydrogen-bond donors (Lipinski definition) is 1. The highest BCUT2D eigenvalue weighted by Gasteiger charge is 2.30. The number of rotatable bonds is 6. The van der Waals surface area contributed by atoms with Gasteiger partial charge in [0.05, 0.1) is 0 Å². The van der Waals surface area contributed by atoms with E-state index < -0.39 is 0 Å². The maximum absolute atomic E-state index is 3.54. The van der Waals surface area contributed by atoms with Crippen LogP contribution in [0, 0.1) is 0 Å². The SMILES string of the molecule is c1csc(CNCCN2CCN(C3CC3)CC2)c1. The van der Waals surface area contributed by atoms with Gasteiger partial charge in [0.1, 0.15) is 0 Å². The van der Waals surface area contributed by atoms with Crippen molar-refractivity contribution in [2.75, 3.05) is 39.3 Å². The van der Waals surface area contributed by atoms with E-state index in [1.165, 1.54) is 50.4 Å². The fourth-order valence-corrected chi connectivity index (χ4v) is 3.33. The molecule has 3 rings (SSSR count). The average Bonchev–Trinajstić information content (AvgIpc) is 3.13. The lowest BCUT2D eigenvalue weighted by molar-refractivity contribution is 0.127. The summed E-state index contributed by atoms with van der Waals surface area (Å²) in [5, 5.41) is 5.68. The highest BCUT2D eigenvalue weighted by atomic mass is 32.1. The zero-order valence-electron chi connectivity index (χ0n) is 11.0. The highest BCUT2D eigenvalue weighted by molar-refractivity contribution is 7.09. The second-order valence-electron chi connectivity index (χ2n) is 5.36. The average molecular weight is 265 g/mol. The van der Waals surface area contributed by atoms with Crippen LogP contribution in [0.1, 0.15) is 17.7 Å². The van der Waals surface area contributed by atoms with E-state index in [0.717, 1.165) is 19.1 Å². The first-order valence-electron chi connectivity index (χ1n) is 7.11. The molecule has 1 aliphatic heterocycles. The zero-order chi connectivity index (χ0) is 12.2. The summed E-state index contributed by atoms with van der Waals surface area (Å²) < 4.78 is 0. The fourth-order valence-electron chi connectivity index (χ4n) is 2.65. The molecule has 1 N–H and O–H groups in total. The van der Waals surface area contributed by atoms with Crippen LogP contribution in [-0.2, 0) is 6.54 Å². The third-order valence-electron chi connectivity index (χ3n) is 3.95. The summed E-state index contributed by atoms with van der Waals surface area (Å²) in [5.41, 5.74) is 0. The van der Waals surface area contributed by atoms with Crippen molar-refractivity contribution >= 4 is 11.3 Å². The van der Waals surface area contributed by atoms with Crippen LogP contribution in [0.5, 0.6) is 0 Å². The van der Waals surface area contributed by atoms with Crippen molar-refractivity contribution < 1.29 is 0 Å². The quantitative estimate of drug-likeness (QED) is 0.789. The molecule has 4 heteroatoms. The van der Waals surface area contributed by atoms with E-state index in [1.807, 2.05) is 11.3 Å². The predicted octanol–water partition coefficient (Wildman–Crippen LogP) is 1.62. The fraction of sp³-hybridized carbons (Fsp3) is 0.714. The monoisotopic (exact) mass is 265 g/mol. The topological polar surface area (TPSA) is 18.5 Å². The molecular weight excluding hydrogens is 242 g/mol. The summed E-state index contributed by atoms with van der Waals surface area (Å²) in [7, 11) is 0. The van der Waals surface area contributed by atoms with Gasteiger partial charge in [-0.2, -0.15) is 0 Å². The predicted molar refractivity (Wildman–Crippen MR) is 77.1 cm³/mol. The van der Waals surface area contributed by atoms with Gasteiger partial charge in [-0.25, -0.2) is 0 Å². The Hall–Kier alpha value is -0.420. The molecule has 0 amide bonds. The van der Waals surface area contributed by atoms with Gasteiger partial charge in [0, 0.05) is 56.7 Å². The van der Waals surface area contributed by atoms with Gasteiger partial charge in [0.15, 0.2) is 0 Å². The van der Waals surface area contributed by atoms with Crippen LogP contribution in [0.2, 0.25) is 0 Å². The molecule has 0 radical (unpaired) electrons. The minimum Gasteiger partial charge on any atom is -0.311 e. The summed E-state index contributed by atoms with van der Waals surface area (Å²) in [5.74, 6) is 0. The second kappa shape index (κ2) is 6.15. The Kier molecular flexibility index (Phi) is 4.31. The maximum Gasteiger partial charge on any atom is 0.0300 e. The molecule has 1 saturated heterocycles. The van der Waals surface area contributed by atoms with Crippen LogP contribution in [-0.4, -0.2) is 55.1 Å². The standard InChI is InChI=1S/C14H23N3S/c1-2-14(18-11-1)12-15-5-6-16-7-9-17(10-8-16)13-3-4-13/h1-2,11,13,15H,3-10,12H2. The van der Waals surface area contributed by atoms with Gasteiger partial charge in [-0.1, -0.05) is 6.07 Å². The smallest absolute Gasteiger partial charge is 0.0300 e. The second-order valence-corrected chi connectivity index (χ2v) is 6.40. The van der Waals surface area contributed by atoms with Crippen molar-refractivity contribution in [3.63, 3.8) is 0 Å². The minimum absolute atomic E-state index is 0.948. The number of nitrogens with one attached hydrogen (secondary N) is 1. The summed E-state index contributed by atoms with van der Waals surface area (Å²) in [6, 6.07) is 5.27. The molecule has 0 atom stereocenters. The number of thiophene rings is 1. The Bertz CT molecular complexity index is 340. The molecule has 1 aromatic rings. The van der Waals surface area contributed by atoms with Crippen molar-refractivity contribution in [3.8, 4) is 0 Å². The molecule has 0 unspecified atom stereocenters. The van der Waals surface area contributed by atoms with E-state index in [-0.39, 0.29) is 0 Å². The molecule has 2 fully saturated rings. The Morgan fingerprint density at radius 2 is 2.06 bits per heavy atom. The summed E-state index contributed by atoms with van der Waals surface area (Å²) >= 11 is 1.84. The van der Waals surface area contributed by atoms with E-state index in [9.17, 15) is 0 Å².